The molecule has 0 bridgehead atoms. The predicted molar refractivity (Wildman–Crippen MR) is 110 cm³/mol. The number of amides is 1. The molecule has 1 amide bonds. The molecule has 7 heteroatoms. The molecule has 0 aliphatic heterocycles. The number of anilines is 1. The molecular weight excluding hydrogens is 385 g/mol. The maximum atomic E-state index is 13.1. The summed E-state index contributed by atoms with van der Waals surface area (Å²) in [5.74, 6) is -0.212. The zero-order valence-electron chi connectivity index (χ0n) is 15.9. The highest BCUT2D eigenvalue weighted by Gasteiger charge is 2.14. The first-order chi connectivity index (χ1) is 14.5. The number of hydrogen-bond donors (Lipinski definition) is 1. The van der Waals surface area contributed by atoms with Gasteiger partial charge in [-0.2, -0.15) is 4.98 Å². The van der Waals surface area contributed by atoms with Crippen LogP contribution in [0, 0.1) is 5.82 Å². The number of aromatic nitrogens is 2. The Morgan fingerprint density at radius 2 is 1.63 bits per heavy atom. The molecule has 1 N–H and O–H groups in total. The monoisotopic (exact) mass is 401 g/mol. The first kappa shape index (κ1) is 19.2. The third-order valence-electron chi connectivity index (χ3n) is 4.43. The highest BCUT2D eigenvalue weighted by atomic mass is 19.1. The summed E-state index contributed by atoms with van der Waals surface area (Å²) in [4.78, 5) is 28.5. The molecule has 1 heterocycles. The van der Waals surface area contributed by atoms with Crippen LogP contribution in [0.4, 0.5) is 10.1 Å². The van der Waals surface area contributed by atoms with E-state index in [1.54, 1.807) is 60.7 Å². The molecule has 0 aliphatic rings. The molecule has 0 saturated heterocycles. The zero-order valence-corrected chi connectivity index (χ0v) is 15.9. The van der Waals surface area contributed by atoms with Gasteiger partial charge in [0.2, 0.25) is 5.82 Å². The maximum absolute atomic E-state index is 13.1. The molecule has 30 heavy (non-hydrogen) atoms. The molecule has 4 rings (SSSR count). The summed E-state index contributed by atoms with van der Waals surface area (Å²) in [5.41, 5.74) is 2.61. The van der Waals surface area contributed by atoms with Crippen molar-refractivity contribution >= 4 is 17.4 Å². The van der Waals surface area contributed by atoms with E-state index < -0.39 is 0 Å². The van der Waals surface area contributed by atoms with E-state index in [4.69, 9.17) is 4.52 Å². The lowest BCUT2D eigenvalue weighted by Crippen LogP contribution is -2.12. The Morgan fingerprint density at radius 3 is 2.40 bits per heavy atom. The lowest BCUT2D eigenvalue weighted by molar-refractivity contribution is 0.101. The third-order valence-corrected chi connectivity index (χ3v) is 4.43. The van der Waals surface area contributed by atoms with Crippen LogP contribution < -0.4 is 5.32 Å². The van der Waals surface area contributed by atoms with Gasteiger partial charge in [-0.25, -0.2) is 4.39 Å². The molecule has 0 unspecified atom stereocenters. The van der Waals surface area contributed by atoms with E-state index in [-0.39, 0.29) is 23.4 Å². The number of hydrogen-bond acceptors (Lipinski definition) is 5. The van der Waals surface area contributed by atoms with Crippen molar-refractivity contribution in [1.82, 2.24) is 10.1 Å². The molecule has 4 aromatic rings. The van der Waals surface area contributed by atoms with Crippen LogP contribution >= 0.6 is 0 Å². The predicted octanol–water partition coefficient (Wildman–Crippen LogP) is 5.00. The van der Waals surface area contributed by atoms with Gasteiger partial charge in [-0.15, -0.1) is 0 Å². The van der Waals surface area contributed by atoms with E-state index in [2.05, 4.69) is 15.5 Å². The van der Waals surface area contributed by atoms with Crippen molar-refractivity contribution < 1.29 is 18.5 Å². The second-order valence-corrected chi connectivity index (χ2v) is 6.60. The summed E-state index contributed by atoms with van der Waals surface area (Å²) in [6.07, 6.45) is 0. The second kappa shape index (κ2) is 8.08. The van der Waals surface area contributed by atoms with E-state index in [0.29, 0.717) is 33.8 Å². The number of halogens is 1. The average Bonchev–Trinajstić information content (AvgIpc) is 3.25. The van der Waals surface area contributed by atoms with Crippen LogP contribution in [-0.4, -0.2) is 21.8 Å². The molecule has 0 fully saturated rings. The zero-order chi connectivity index (χ0) is 21.1. The largest absolute Gasteiger partial charge is 0.334 e. The third kappa shape index (κ3) is 4.15. The highest BCUT2D eigenvalue weighted by molar-refractivity contribution is 6.05. The maximum Gasteiger partial charge on any atom is 0.258 e. The minimum Gasteiger partial charge on any atom is -0.334 e. The van der Waals surface area contributed by atoms with Crippen LogP contribution in [0.25, 0.3) is 22.8 Å². The number of nitrogens with one attached hydrogen (secondary N) is 1. The van der Waals surface area contributed by atoms with Gasteiger partial charge in [0.05, 0.1) is 0 Å². The Balaban J connectivity index is 1.55. The Morgan fingerprint density at radius 1 is 0.900 bits per heavy atom. The molecule has 0 saturated carbocycles. The minimum absolute atomic E-state index is 0.0820. The average molecular weight is 401 g/mol. The van der Waals surface area contributed by atoms with Gasteiger partial charge in [0.1, 0.15) is 5.82 Å². The van der Waals surface area contributed by atoms with E-state index >= 15 is 0 Å². The van der Waals surface area contributed by atoms with Crippen molar-refractivity contribution in [2.24, 2.45) is 0 Å². The number of ketones is 1. The van der Waals surface area contributed by atoms with Crippen molar-refractivity contribution in [2.75, 3.05) is 5.32 Å². The summed E-state index contributed by atoms with van der Waals surface area (Å²) in [6.45, 7) is 1.47. The molecule has 0 radical (unpaired) electrons. The lowest BCUT2D eigenvalue weighted by Gasteiger charge is -2.07. The Labute approximate surface area is 171 Å². The van der Waals surface area contributed by atoms with Crippen LogP contribution in [0.5, 0.6) is 0 Å². The number of benzene rings is 3. The molecule has 148 valence electrons. The summed E-state index contributed by atoms with van der Waals surface area (Å²) >= 11 is 0. The van der Waals surface area contributed by atoms with Gasteiger partial charge in [0.25, 0.3) is 11.8 Å². The normalized spacial score (nSPS) is 10.6. The molecular formula is C23H16FN3O3. The van der Waals surface area contributed by atoms with Crippen LogP contribution in [0.15, 0.2) is 77.3 Å². The van der Waals surface area contributed by atoms with Gasteiger partial charge in [0.15, 0.2) is 5.78 Å². The molecule has 6 nitrogen and oxygen atoms in total. The van der Waals surface area contributed by atoms with E-state index in [1.165, 1.54) is 19.1 Å². The van der Waals surface area contributed by atoms with Crippen LogP contribution in [0.2, 0.25) is 0 Å². The molecule has 1 aromatic heterocycles. The van der Waals surface area contributed by atoms with Gasteiger partial charge < -0.3 is 9.84 Å². The van der Waals surface area contributed by atoms with Gasteiger partial charge >= 0.3 is 0 Å². The number of carbonyl (C=O) groups is 2. The molecule has 3 aromatic carbocycles. The van der Waals surface area contributed by atoms with E-state index in [9.17, 15) is 14.0 Å². The van der Waals surface area contributed by atoms with Crippen molar-refractivity contribution in [3.63, 3.8) is 0 Å². The van der Waals surface area contributed by atoms with E-state index in [0.717, 1.165) is 0 Å². The first-order valence-electron chi connectivity index (χ1n) is 9.12. The Bertz CT molecular complexity index is 1230. The lowest BCUT2D eigenvalue weighted by atomic mass is 10.1. The van der Waals surface area contributed by atoms with Crippen LogP contribution in [0.1, 0.15) is 27.6 Å². The standard InChI is InChI=1S/C23H16FN3O3/c1-14(28)16-4-3-7-20(13-16)25-22(29)17-5-2-6-18(12-17)23-26-21(27-30-23)15-8-10-19(24)11-9-15/h2-13H,1H3,(H,25,29). The van der Waals surface area contributed by atoms with Crippen molar-refractivity contribution in [2.45, 2.75) is 6.92 Å². The van der Waals surface area contributed by atoms with Gasteiger partial charge in [0, 0.05) is 27.9 Å². The minimum atomic E-state index is -0.352. The van der Waals surface area contributed by atoms with Gasteiger partial charge in [-0.3, -0.25) is 9.59 Å². The fraction of sp³-hybridized carbons (Fsp3) is 0.0435. The molecule has 0 atom stereocenters. The first-order valence-corrected chi connectivity index (χ1v) is 9.12. The van der Waals surface area contributed by atoms with Gasteiger partial charge in [-0.05, 0) is 61.5 Å². The summed E-state index contributed by atoms with van der Waals surface area (Å²) in [5, 5.41) is 6.70. The van der Waals surface area contributed by atoms with Crippen LogP contribution in [-0.2, 0) is 0 Å². The fourth-order valence-electron chi connectivity index (χ4n) is 2.87. The number of nitrogens with zero attached hydrogens (tertiary/aromatic N) is 2. The number of Topliss-reactive ketones (excluding diaryl/α,β-unsaturated/α-hetero) is 1. The smallest absolute Gasteiger partial charge is 0.258 e. The SMILES string of the molecule is CC(=O)c1cccc(NC(=O)c2cccc(-c3nc(-c4ccc(F)cc4)no3)c2)c1. The van der Waals surface area contributed by atoms with E-state index in [1.807, 2.05) is 0 Å². The second-order valence-electron chi connectivity index (χ2n) is 6.60. The fourth-order valence-corrected chi connectivity index (χ4v) is 2.87. The quantitative estimate of drug-likeness (QED) is 0.476. The van der Waals surface area contributed by atoms with Crippen molar-refractivity contribution in [1.29, 1.82) is 0 Å². The van der Waals surface area contributed by atoms with Crippen molar-refractivity contribution in [3.05, 3.63) is 89.7 Å². The number of rotatable bonds is 5. The number of carbonyl (C=O) groups excluding carboxylic acids is 2. The highest BCUT2D eigenvalue weighted by Crippen LogP contribution is 2.23. The summed E-state index contributed by atoms with van der Waals surface area (Å²) < 4.78 is 18.4. The topological polar surface area (TPSA) is 85.1 Å². The summed E-state index contributed by atoms with van der Waals surface area (Å²) in [6, 6.07) is 19.2. The Kier molecular flexibility index (Phi) is 5.17. The Hall–Kier alpha value is -4.13. The van der Waals surface area contributed by atoms with Crippen LogP contribution in [0.3, 0.4) is 0 Å². The molecule has 0 spiro atoms. The van der Waals surface area contributed by atoms with Crippen molar-refractivity contribution in [3.8, 4) is 22.8 Å². The molecule has 0 aliphatic carbocycles. The van der Waals surface area contributed by atoms with Gasteiger partial charge in [-0.1, -0.05) is 23.4 Å². The summed E-state index contributed by atoms with van der Waals surface area (Å²) in [7, 11) is 0.